The van der Waals surface area contributed by atoms with Gasteiger partial charge in [0.2, 0.25) is 5.89 Å². The van der Waals surface area contributed by atoms with Crippen molar-refractivity contribution in [1.29, 1.82) is 0 Å². The quantitative estimate of drug-likeness (QED) is 0.869. The van der Waals surface area contributed by atoms with Gasteiger partial charge in [-0.15, -0.1) is 0 Å². The van der Waals surface area contributed by atoms with E-state index in [1.165, 1.54) is 0 Å². The lowest BCUT2D eigenvalue weighted by molar-refractivity contribution is 0.194. The molecular weight excluding hydrogens is 288 g/mol. The summed E-state index contributed by atoms with van der Waals surface area (Å²) in [5, 5.41) is 4.85. The molecule has 0 radical (unpaired) electrons. The molecule has 1 aliphatic rings. The number of likely N-dealkylation sites (tertiary alicyclic amines) is 1. The van der Waals surface area contributed by atoms with Gasteiger partial charge in [0.25, 0.3) is 0 Å². The number of rotatable bonds is 4. The molecule has 2 aromatic heterocycles. The second kappa shape index (κ2) is 6.54. The topological polar surface area (TPSA) is 55.1 Å². The third-order valence-corrected chi connectivity index (χ3v) is 4.25. The van der Waals surface area contributed by atoms with E-state index in [-0.39, 0.29) is 0 Å². The molecule has 0 aromatic carbocycles. The van der Waals surface area contributed by atoms with Gasteiger partial charge in [-0.05, 0) is 31.0 Å². The first-order chi connectivity index (χ1) is 10.3. The van der Waals surface area contributed by atoms with Gasteiger partial charge in [0.1, 0.15) is 0 Å². The van der Waals surface area contributed by atoms with Crippen molar-refractivity contribution in [1.82, 2.24) is 20.0 Å². The molecule has 21 heavy (non-hydrogen) atoms. The molecule has 0 N–H and O–H groups in total. The molecule has 0 saturated carbocycles. The van der Waals surface area contributed by atoms with Crippen molar-refractivity contribution < 1.29 is 4.52 Å². The number of pyridine rings is 1. The average molecular weight is 307 g/mol. The van der Waals surface area contributed by atoms with Crippen LogP contribution < -0.4 is 0 Å². The Morgan fingerprint density at radius 1 is 1.48 bits per heavy atom. The monoisotopic (exact) mass is 306 g/mol. The van der Waals surface area contributed by atoms with Gasteiger partial charge in [0.15, 0.2) is 5.82 Å². The molecule has 6 heteroatoms. The largest absolute Gasteiger partial charge is 0.339 e. The zero-order valence-corrected chi connectivity index (χ0v) is 12.9. The van der Waals surface area contributed by atoms with Gasteiger partial charge in [-0.25, -0.2) is 0 Å². The van der Waals surface area contributed by atoms with Crippen LogP contribution in [-0.2, 0) is 13.0 Å². The minimum Gasteiger partial charge on any atom is -0.339 e. The highest BCUT2D eigenvalue weighted by Gasteiger charge is 2.25. The molecule has 0 aliphatic carbocycles. The fourth-order valence-electron chi connectivity index (χ4n) is 2.76. The summed E-state index contributed by atoms with van der Waals surface area (Å²) in [6, 6.07) is 1.98. The first-order valence-electron chi connectivity index (χ1n) is 7.39. The summed E-state index contributed by atoms with van der Waals surface area (Å²) in [5.74, 6) is 1.92. The lowest BCUT2D eigenvalue weighted by atomic mass is 9.97. The highest BCUT2D eigenvalue weighted by atomic mass is 35.5. The van der Waals surface area contributed by atoms with Crippen molar-refractivity contribution in [3.63, 3.8) is 0 Å². The van der Waals surface area contributed by atoms with Gasteiger partial charge in [-0.1, -0.05) is 23.7 Å². The summed E-state index contributed by atoms with van der Waals surface area (Å²) in [6.45, 7) is 4.89. The second-order valence-corrected chi connectivity index (χ2v) is 5.85. The lowest BCUT2D eigenvalue weighted by Gasteiger charge is -2.31. The average Bonchev–Trinajstić information content (AvgIpc) is 2.99. The van der Waals surface area contributed by atoms with Gasteiger partial charge >= 0.3 is 0 Å². The van der Waals surface area contributed by atoms with Crippen LogP contribution in [0.3, 0.4) is 0 Å². The van der Waals surface area contributed by atoms with E-state index in [2.05, 4.69) is 20.0 Å². The maximum atomic E-state index is 6.19. The molecule has 112 valence electrons. The normalized spacial score (nSPS) is 19.8. The highest BCUT2D eigenvalue weighted by molar-refractivity contribution is 6.31. The maximum absolute atomic E-state index is 6.19. The predicted octanol–water partition coefficient (Wildman–Crippen LogP) is 3.06. The Bertz CT molecular complexity index is 601. The smallest absolute Gasteiger partial charge is 0.226 e. The Balaban J connectivity index is 1.67. The fraction of sp³-hybridized carbons (Fsp3) is 0.533. The molecule has 1 aliphatic heterocycles. The summed E-state index contributed by atoms with van der Waals surface area (Å²) >= 11 is 6.19. The van der Waals surface area contributed by atoms with Crippen LogP contribution in [0.15, 0.2) is 23.0 Å². The SMILES string of the molecule is CCc1nc([C@@H]2CCCN(Cc3ccncc3Cl)C2)no1. The van der Waals surface area contributed by atoms with Crippen LogP contribution in [0.2, 0.25) is 5.02 Å². The van der Waals surface area contributed by atoms with E-state index in [0.717, 1.165) is 61.2 Å². The molecule has 3 heterocycles. The third kappa shape index (κ3) is 3.41. The van der Waals surface area contributed by atoms with Crippen molar-refractivity contribution >= 4 is 11.6 Å². The molecule has 5 nitrogen and oxygen atoms in total. The summed E-state index contributed by atoms with van der Waals surface area (Å²) in [5.41, 5.74) is 1.12. The van der Waals surface area contributed by atoms with Crippen molar-refractivity contribution in [2.75, 3.05) is 13.1 Å². The van der Waals surface area contributed by atoms with Gasteiger partial charge in [-0.2, -0.15) is 4.98 Å². The first kappa shape index (κ1) is 14.5. The molecule has 1 saturated heterocycles. The summed E-state index contributed by atoms with van der Waals surface area (Å²) in [6.07, 6.45) is 6.53. The van der Waals surface area contributed by atoms with Crippen molar-refractivity contribution in [2.45, 2.75) is 38.6 Å². The minimum absolute atomic E-state index is 0.350. The molecule has 0 spiro atoms. The fourth-order valence-corrected chi connectivity index (χ4v) is 2.94. The van der Waals surface area contributed by atoms with E-state index in [1.807, 2.05) is 13.0 Å². The molecular formula is C15H19ClN4O. The van der Waals surface area contributed by atoms with Gasteiger partial charge < -0.3 is 4.52 Å². The first-order valence-corrected chi connectivity index (χ1v) is 7.77. The zero-order valence-electron chi connectivity index (χ0n) is 12.1. The number of aryl methyl sites for hydroxylation is 1. The standard InChI is InChI=1S/C15H19ClN4O/c1-2-14-18-15(19-21-14)12-4-3-7-20(10-12)9-11-5-6-17-8-13(11)16/h5-6,8,12H,2-4,7,9-10H2,1H3/t12-/m1/s1. The molecule has 1 fully saturated rings. The second-order valence-electron chi connectivity index (χ2n) is 5.44. The van der Waals surface area contributed by atoms with Crippen LogP contribution in [0.5, 0.6) is 0 Å². The number of nitrogens with zero attached hydrogens (tertiary/aromatic N) is 4. The van der Waals surface area contributed by atoms with Gasteiger partial charge in [0.05, 0.1) is 5.02 Å². The van der Waals surface area contributed by atoms with E-state index < -0.39 is 0 Å². The number of hydrogen-bond donors (Lipinski definition) is 0. The van der Waals surface area contributed by atoms with Crippen LogP contribution in [0, 0.1) is 0 Å². The molecule has 1 atom stereocenters. The lowest BCUT2D eigenvalue weighted by Crippen LogP contribution is -2.34. The van der Waals surface area contributed by atoms with Crippen LogP contribution in [0.4, 0.5) is 0 Å². The molecule has 2 aromatic rings. The van der Waals surface area contributed by atoms with Gasteiger partial charge in [0, 0.05) is 37.8 Å². The van der Waals surface area contributed by atoms with E-state index >= 15 is 0 Å². The Labute approximate surface area is 129 Å². The maximum Gasteiger partial charge on any atom is 0.226 e. The van der Waals surface area contributed by atoms with Crippen molar-refractivity contribution in [3.05, 3.63) is 40.8 Å². The number of piperidine rings is 1. The van der Waals surface area contributed by atoms with Crippen LogP contribution in [0.25, 0.3) is 0 Å². The predicted molar refractivity (Wildman–Crippen MR) is 80.2 cm³/mol. The molecule has 0 unspecified atom stereocenters. The summed E-state index contributed by atoms with van der Waals surface area (Å²) in [4.78, 5) is 10.9. The van der Waals surface area contributed by atoms with Crippen molar-refractivity contribution in [2.24, 2.45) is 0 Å². The van der Waals surface area contributed by atoms with E-state index in [0.29, 0.717) is 5.92 Å². The third-order valence-electron chi connectivity index (χ3n) is 3.91. The molecule has 3 rings (SSSR count). The zero-order chi connectivity index (χ0) is 14.7. The van der Waals surface area contributed by atoms with Crippen LogP contribution >= 0.6 is 11.6 Å². The summed E-state index contributed by atoms with van der Waals surface area (Å²) in [7, 11) is 0. The van der Waals surface area contributed by atoms with Crippen molar-refractivity contribution in [3.8, 4) is 0 Å². The molecule has 0 bridgehead atoms. The van der Waals surface area contributed by atoms with E-state index in [1.54, 1.807) is 12.4 Å². The van der Waals surface area contributed by atoms with Gasteiger partial charge in [-0.3, -0.25) is 9.88 Å². The number of halogens is 1. The van der Waals surface area contributed by atoms with E-state index in [9.17, 15) is 0 Å². The summed E-state index contributed by atoms with van der Waals surface area (Å²) < 4.78 is 5.23. The van der Waals surface area contributed by atoms with Crippen LogP contribution in [-0.4, -0.2) is 33.1 Å². The number of aromatic nitrogens is 3. The Hall–Kier alpha value is -1.46. The number of hydrogen-bond acceptors (Lipinski definition) is 5. The Morgan fingerprint density at radius 2 is 2.38 bits per heavy atom. The van der Waals surface area contributed by atoms with E-state index in [4.69, 9.17) is 16.1 Å². The van der Waals surface area contributed by atoms with Crippen LogP contribution in [0.1, 0.15) is 43.0 Å². The minimum atomic E-state index is 0.350. The molecule has 0 amide bonds. The Morgan fingerprint density at radius 3 is 3.14 bits per heavy atom. The Kier molecular flexibility index (Phi) is 4.51. The highest BCUT2D eigenvalue weighted by Crippen LogP contribution is 2.27.